The molecule has 1 aromatic carbocycles. The summed E-state index contributed by atoms with van der Waals surface area (Å²) in [5.74, 6) is -0.505. The molecule has 0 bridgehead atoms. The zero-order valence-corrected chi connectivity index (χ0v) is 11.0. The number of carbonyl (C=O) groups excluding carboxylic acids is 1. The van der Waals surface area contributed by atoms with E-state index in [1.807, 2.05) is 0 Å². The first-order valence-corrected chi connectivity index (χ1v) is 6.18. The number of rotatable bonds is 4. The number of para-hydroxylation sites is 1. The van der Waals surface area contributed by atoms with Gasteiger partial charge in [-0.15, -0.1) is 0 Å². The lowest BCUT2D eigenvalue weighted by molar-refractivity contribution is 0.0941. The number of hydrogen-bond donors (Lipinski definition) is 4. The lowest BCUT2D eigenvalue weighted by Gasteiger charge is -2.11. The van der Waals surface area contributed by atoms with E-state index in [1.165, 1.54) is 12.1 Å². The second-order valence-electron chi connectivity index (χ2n) is 3.71. The Morgan fingerprint density at radius 2 is 2.06 bits per heavy atom. The van der Waals surface area contributed by atoms with Gasteiger partial charge in [0.2, 0.25) is 0 Å². The predicted octanol–water partition coefficient (Wildman–Crippen LogP) is 1.30. The van der Waals surface area contributed by atoms with E-state index < -0.39 is 5.91 Å². The van der Waals surface area contributed by atoms with Gasteiger partial charge in [-0.2, -0.15) is 0 Å². The van der Waals surface area contributed by atoms with E-state index in [-0.39, 0.29) is 11.3 Å². The molecule has 0 fully saturated rings. The molecule has 98 valence electrons. The molecular formula is C12H17N3O2S. The van der Waals surface area contributed by atoms with Crippen molar-refractivity contribution in [1.82, 2.24) is 16.2 Å². The van der Waals surface area contributed by atoms with Crippen molar-refractivity contribution in [2.24, 2.45) is 0 Å². The van der Waals surface area contributed by atoms with Crippen LogP contribution < -0.4 is 16.2 Å². The van der Waals surface area contributed by atoms with Crippen molar-refractivity contribution in [2.75, 3.05) is 6.54 Å². The zero-order chi connectivity index (χ0) is 13.4. The zero-order valence-electron chi connectivity index (χ0n) is 10.2. The molecule has 1 aromatic rings. The topological polar surface area (TPSA) is 73.4 Å². The van der Waals surface area contributed by atoms with Gasteiger partial charge in [0.05, 0.1) is 5.56 Å². The summed E-state index contributed by atoms with van der Waals surface area (Å²) >= 11 is 4.97. The van der Waals surface area contributed by atoms with Crippen LogP contribution in [0.3, 0.4) is 0 Å². The van der Waals surface area contributed by atoms with Crippen molar-refractivity contribution >= 4 is 23.2 Å². The van der Waals surface area contributed by atoms with E-state index in [0.29, 0.717) is 5.11 Å². The summed E-state index contributed by atoms with van der Waals surface area (Å²) in [6, 6.07) is 6.30. The number of hydrazine groups is 1. The van der Waals surface area contributed by atoms with Crippen molar-refractivity contribution in [1.29, 1.82) is 0 Å². The minimum absolute atomic E-state index is 0.0679. The van der Waals surface area contributed by atoms with Crippen LogP contribution in [0, 0.1) is 0 Å². The van der Waals surface area contributed by atoms with E-state index in [1.54, 1.807) is 12.1 Å². The van der Waals surface area contributed by atoms with Gasteiger partial charge < -0.3 is 10.4 Å². The molecule has 4 N–H and O–H groups in total. The Morgan fingerprint density at radius 1 is 1.33 bits per heavy atom. The van der Waals surface area contributed by atoms with Crippen molar-refractivity contribution in [3.05, 3.63) is 29.8 Å². The van der Waals surface area contributed by atoms with Crippen LogP contribution >= 0.6 is 12.2 Å². The molecule has 0 heterocycles. The Kier molecular flexibility index (Phi) is 5.93. The summed E-state index contributed by atoms with van der Waals surface area (Å²) in [6.45, 7) is 2.84. The monoisotopic (exact) mass is 267 g/mol. The molecule has 0 saturated heterocycles. The van der Waals surface area contributed by atoms with Gasteiger partial charge in [-0.1, -0.05) is 25.5 Å². The van der Waals surface area contributed by atoms with Gasteiger partial charge in [0.15, 0.2) is 5.11 Å². The Balaban J connectivity index is 2.38. The fourth-order valence-corrected chi connectivity index (χ4v) is 1.42. The van der Waals surface area contributed by atoms with Crippen molar-refractivity contribution in [2.45, 2.75) is 19.8 Å². The van der Waals surface area contributed by atoms with Gasteiger partial charge in [-0.05, 0) is 30.8 Å². The van der Waals surface area contributed by atoms with E-state index in [2.05, 4.69) is 23.1 Å². The minimum atomic E-state index is -0.437. The number of thiocarbonyl (C=S) groups is 1. The molecule has 0 spiro atoms. The number of hydrogen-bond acceptors (Lipinski definition) is 3. The third-order valence-electron chi connectivity index (χ3n) is 2.25. The number of unbranched alkanes of at least 4 members (excludes halogenated alkanes) is 1. The molecule has 1 rings (SSSR count). The van der Waals surface area contributed by atoms with Gasteiger partial charge in [-0.25, -0.2) is 0 Å². The van der Waals surface area contributed by atoms with Gasteiger partial charge in [0.25, 0.3) is 5.91 Å². The van der Waals surface area contributed by atoms with Crippen LogP contribution in [0.2, 0.25) is 0 Å². The number of amides is 1. The molecule has 6 heteroatoms. The van der Waals surface area contributed by atoms with E-state index >= 15 is 0 Å². The molecule has 5 nitrogen and oxygen atoms in total. The summed E-state index contributed by atoms with van der Waals surface area (Å²) in [5, 5.41) is 12.8. The maximum atomic E-state index is 11.7. The van der Waals surface area contributed by atoms with Crippen LogP contribution in [0.15, 0.2) is 24.3 Å². The molecule has 18 heavy (non-hydrogen) atoms. The standard InChI is InChI=1S/C12H17N3O2S/c1-2-3-8-13-12(18)15-14-11(17)9-6-4-5-7-10(9)16/h4-7,16H,2-3,8H2,1H3,(H,14,17)(H2,13,15,18). The number of nitrogens with one attached hydrogen (secondary N) is 3. The van der Waals surface area contributed by atoms with Gasteiger partial charge in [-0.3, -0.25) is 15.6 Å². The smallest absolute Gasteiger partial charge is 0.273 e. The van der Waals surface area contributed by atoms with E-state index in [4.69, 9.17) is 12.2 Å². The third-order valence-corrected chi connectivity index (χ3v) is 2.50. The van der Waals surface area contributed by atoms with Crippen LogP contribution in [0.1, 0.15) is 30.1 Å². The van der Waals surface area contributed by atoms with Crippen molar-refractivity contribution < 1.29 is 9.90 Å². The number of carbonyl (C=O) groups is 1. The lowest BCUT2D eigenvalue weighted by atomic mass is 10.2. The highest BCUT2D eigenvalue weighted by molar-refractivity contribution is 7.80. The van der Waals surface area contributed by atoms with Gasteiger partial charge in [0, 0.05) is 6.54 Å². The molecule has 0 aliphatic carbocycles. The van der Waals surface area contributed by atoms with Crippen molar-refractivity contribution in [3.63, 3.8) is 0 Å². The quantitative estimate of drug-likeness (QED) is 0.376. The number of benzene rings is 1. The first-order chi connectivity index (χ1) is 8.65. The minimum Gasteiger partial charge on any atom is -0.507 e. The fourth-order valence-electron chi connectivity index (χ4n) is 1.27. The average molecular weight is 267 g/mol. The molecule has 1 amide bonds. The third kappa shape index (κ3) is 4.58. The first kappa shape index (κ1) is 14.2. The number of aromatic hydroxyl groups is 1. The summed E-state index contributed by atoms with van der Waals surface area (Å²) < 4.78 is 0. The maximum absolute atomic E-state index is 11.7. The molecule has 0 aliphatic heterocycles. The second-order valence-corrected chi connectivity index (χ2v) is 4.11. The molecular weight excluding hydrogens is 250 g/mol. The van der Waals surface area contributed by atoms with E-state index in [0.717, 1.165) is 19.4 Å². The lowest BCUT2D eigenvalue weighted by Crippen LogP contribution is -2.46. The van der Waals surface area contributed by atoms with Gasteiger partial charge >= 0.3 is 0 Å². The summed E-state index contributed by atoms with van der Waals surface area (Å²) in [6.07, 6.45) is 2.08. The molecule has 0 atom stereocenters. The number of phenols is 1. The Morgan fingerprint density at radius 3 is 2.72 bits per heavy atom. The second kappa shape index (κ2) is 7.50. The fraction of sp³-hybridized carbons (Fsp3) is 0.333. The Hall–Kier alpha value is -1.82. The van der Waals surface area contributed by atoms with E-state index in [9.17, 15) is 9.90 Å². The van der Waals surface area contributed by atoms with Crippen molar-refractivity contribution in [3.8, 4) is 5.75 Å². The highest BCUT2D eigenvalue weighted by Crippen LogP contribution is 2.14. The average Bonchev–Trinajstić information content (AvgIpc) is 2.37. The normalized spacial score (nSPS) is 9.61. The molecule has 0 aliphatic rings. The SMILES string of the molecule is CCCCNC(=S)NNC(=O)c1ccccc1O. The Bertz CT molecular complexity index is 424. The number of phenolic OH excluding ortho intramolecular Hbond substituents is 1. The summed E-state index contributed by atoms with van der Waals surface area (Å²) in [5.41, 5.74) is 5.19. The van der Waals surface area contributed by atoms with Crippen LogP contribution in [-0.4, -0.2) is 22.7 Å². The van der Waals surface area contributed by atoms with Crippen LogP contribution in [-0.2, 0) is 0 Å². The highest BCUT2D eigenvalue weighted by Gasteiger charge is 2.09. The highest BCUT2D eigenvalue weighted by atomic mass is 32.1. The summed E-state index contributed by atoms with van der Waals surface area (Å²) in [4.78, 5) is 11.7. The molecule has 0 aromatic heterocycles. The van der Waals surface area contributed by atoms with Crippen LogP contribution in [0.4, 0.5) is 0 Å². The first-order valence-electron chi connectivity index (χ1n) is 5.77. The molecule has 0 radical (unpaired) electrons. The molecule has 0 saturated carbocycles. The van der Waals surface area contributed by atoms with Crippen LogP contribution in [0.25, 0.3) is 0 Å². The largest absolute Gasteiger partial charge is 0.507 e. The van der Waals surface area contributed by atoms with Gasteiger partial charge in [0.1, 0.15) is 5.75 Å². The van der Waals surface area contributed by atoms with Crippen LogP contribution in [0.5, 0.6) is 5.75 Å². The molecule has 0 unspecified atom stereocenters. The summed E-state index contributed by atoms with van der Waals surface area (Å²) in [7, 11) is 0. The Labute approximate surface area is 112 Å². The maximum Gasteiger partial charge on any atom is 0.273 e. The predicted molar refractivity (Wildman–Crippen MR) is 74.2 cm³/mol.